The van der Waals surface area contributed by atoms with Gasteiger partial charge in [-0.3, -0.25) is 47.9 Å². The van der Waals surface area contributed by atoms with Crippen molar-refractivity contribution in [2.75, 3.05) is 21.3 Å². The molecule has 3 heterocycles. The third-order valence-electron chi connectivity index (χ3n) is 21.2. The number of ketones is 5. The van der Waals surface area contributed by atoms with Gasteiger partial charge in [-0.25, -0.2) is 0 Å². The lowest BCUT2D eigenvalue weighted by atomic mass is 9.85. The largest absolute Gasteiger partial charge is 0.507 e. The first kappa shape index (κ1) is 101. The lowest BCUT2D eigenvalue weighted by Gasteiger charge is -2.32. The second-order valence-electron chi connectivity index (χ2n) is 33.3. The van der Waals surface area contributed by atoms with Gasteiger partial charge in [0.25, 0.3) is 0 Å². The number of ether oxygens (including phenoxy) is 5. The van der Waals surface area contributed by atoms with Crippen molar-refractivity contribution in [3.63, 3.8) is 0 Å². The highest BCUT2D eigenvalue weighted by Crippen LogP contribution is 2.48. The van der Waals surface area contributed by atoms with E-state index in [1.165, 1.54) is 94.1 Å². The van der Waals surface area contributed by atoms with Crippen molar-refractivity contribution in [3.8, 4) is 109 Å². The summed E-state index contributed by atoms with van der Waals surface area (Å²) in [6, 6.07) is 18.6. The number of phenols is 14. The van der Waals surface area contributed by atoms with E-state index in [1.807, 2.05) is 59.8 Å². The second-order valence-corrected chi connectivity index (χ2v) is 33.7. The highest BCUT2D eigenvalue weighted by atomic mass is 35.5. The number of benzene rings is 10. The van der Waals surface area contributed by atoms with Crippen LogP contribution in [0.2, 0.25) is 5.02 Å². The van der Waals surface area contributed by atoms with E-state index in [0.717, 1.165) is 28.3 Å². The van der Waals surface area contributed by atoms with Gasteiger partial charge in [0.2, 0.25) is 28.6 Å². The van der Waals surface area contributed by atoms with E-state index in [2.05, 4.69) is 0 Å². The first-order valence-electron chi connectivity index (χ1n) is 40.8. The monoisotopic (exact) mass is 1840 g/mol. The molecule has 10 aromatic carbocycles. The van der Waals surface area contributed by atoms with Crippen LogP contribution in [0, 0.1) is 34.6 Å². The molecule has 133 heavy (non-hydrogen) atoms. The Morgan fingerprint density at radius 2 is 0.744 bits per heavy atom. The number of Topliss-reactive ketones (excluding diaryl/α,β-unsaturated/α-hetero) is 1. The number of allylic oxidation sites excluding steroid dienone is 6. The Morgan fingerprint density at radius 1 is 0.398 bits per heavy atom. The molecule has 2 aliphatic rings. The Hall–Kier alpha value is -15.9. The lowest BCUT2D eigenvalue weighted by Crippen LogP contribution is -2.37. The van der Waals surface area contributed by atoms with Crippen molar-refractivity contribution in [1.82, 2.24) is 0 Å². The van der Waals surface area contributed by atoms with Crippen LogP contribution in [0.3, 0.4) is 0 Å². The van der Waals surface area contributed by atoms with Crippen LogP contribution in [0.25, 0.3) is 28.0 Å². The molecule has 0 spiro atoms. The molecular weight excluding hydrogens is 1740 g/mol. The minimum Gasteiger partial charge on any atom is -0.507 e. The summed E-state index contributed by atoms with van der Waals surface area (Å²) in [5.74, 6) is -8.70. The number of methoxy groups -OCH3 is 3. The number of aromatic hydroxyl groups is 14. The standard InChI is InChI=1S/C21H21ClO6.C21H22O6.C20H18O7.C20H18O6.C20H20O5/c1-10(2)5-6-12-16(28-4)8-14(24)13(9-23)17(12)20(26)18-15(25)7-11(3)19(22)21(18)27;1-11(2)5-6-13-18(27-4)9-15(23)14(10-22)19(13)21(26)20-16(24)7-12(3)8-17(20)25;1-9-4-12(23)17(13(24)5-9)19(26)16-10(8-21)11(22)6-15-18(16)14(25)7-20(2,3)27-15;1-10-6-14(23)18(15(24)7-10)19(25)17-11-4-5-20(2,3)26-16(11)8-13(22)12(17)9-21;1-10(2)5-6-12-15(24-4)9-14(22)20-17(12)19(23)18-13(21)7-11(3)8-16(18)25-20/h5,7-9,24-25,27H,6H2,1-4H3;5,7-10,23-25H,6H2,1-4H3;4-6,8,22-24H,7H2,1-3H3;4-9,22-24H,1-3H3;5,7-9,21-22H,6H2,1-4H3. The smallest absolute Gasteiger partial charge is 0.204 e. The number of hydrogen-bond donors (Lipinski definition) is 14. The Labute approximate surface area is 767 Å². The van der Waals surface area contributed by atoms with Crippen LogP contribution in [0.15, 0.2) is 135 Å². The van der Waals surface area contributed by atoms with Crippen molar-refractivity contribution < 1.29 is 143 Å². The van der Waals surface area contributed by atoms with E-state index < -0.39 is 131 Å². The number of aryl methyl sites for hydroxylation is 5. The number of phenolic OH excluding ortho intramolecular Hbond substituents is 14. The predicted octanol–water partition coefficient (Wildman–Crippen LogP) is 18.4. The molecule has 0 amide bonds. The van der Waals surface area contributed by atoms with Crippen LogP contribution in [0.4, 0.5) is 0 Å². The fourth-order valence-corrected chi connectivity index (χ4v) is 15.2. The van der Waals surface area contributed by atoms with Gasteiger partial charge in [-0.15, -0.1) is 0 Å². The zero-order valence-corrected chi connectivity index (χ0v) is 76.5. The summed E-state index contributed by atoms with van der Waals surface area (Å²) in [5, 5.41) is 143. The first-order chi connectivity index (χ1) is 62.4. The van der Waals surface area contributed by atoms with Gasteiger partial charge in [0.1, 0.15) is 148 Å². The Balaban J connectivity index is 0.000000187. The molecule has 0 bridgehead atoms. The van der Waals surface area contributed by atoms with Crippen molar-refractivity contribution in [2.45, 2.75) is 141 Å². The van der Waals surface area contributed by atoms with Crippen LogP contribution in [0.1, 0.15) is 241 Å². The maximum absolute atomic E-state index is 13.3. The number of aldehydes is 4. The van der Waals surface area contributed by atoms with Gasteiger partial charge in [-0.05, 0) is 212 Å². The van der Waals surface area contributed by atoms with Gasteiger partial charge in [0.05, 0.1) is 71.5 Å². The number of halogens is 1. The zero-order chi connectivity index (χ0) is 99.1. The van der Waals surface area contributed by atoms with E-state index in [4.69, 9.17) is 39.7 Å². The Kier molecular flexibility index (Phi) is 31.0. The van der Waals surface area contributed by atoms with Crippen LogP contribution in [0.5, 0.6) is 109 Å². The fourth-order valence-electron chi connectivity index (χ4n) is 15.0. The SMILES string of the molecule is COc1cc(O)c(C=O)c(C(=O)c2c(O)cc(C)c(Cl)c2O)c1CC=C(C)C.COc1cc(O)c(C=O)c(C(=O)c2c(O)cc(C)cc2O)c1CC=C(C)C.COc1cc(O)c2oc3cc(C)cc(O)c3c(=O)c2c1CC=C(C)C.Cc1cc(O)c(C(=O)c2c(C=O)c(O)cc3c2C(=O)CC(C)(C)O3)c(O)c1.Cc1cc(O)c(C(=O)c2c(C=O)c(O)cc3c2C=CC(C)(C)O3)c(O)c1. The van der Waals surface area contributed by atoms with Gasteiger partial charge in [0, 0.05) is 69.3 Å². The molecule has 0 saturated heterocycles. The van der Waals surface area contributed by atoms with Crippen molar-refractivity contribution >= 4 is 93.7 Å². The Morgan fingerprint density at radius 3 is 1.17 bits per heavy atom. The summed E-state index contributed by atoms with van der Waals surface area (Å²) in [6.07, 6.45) is 11.2. The minimum absolute atomic E-state index is 0.0335. The minimum atomic E-state index is -0.962. The molecule has 13 rings (SSSR count). The molecule has 30 nitrogen and oxygen atoms in total. The maximum Gasteiger partial charge on any atom is 0.204 e. The summed E-state index contributed by atoms with van der Waals surface area (Å²) in [4.78, 5) is 125. The van der Waals surface area contributed by atoms with E-state index >= 15 is 0 Å². The molecule has 14 N–H and O–H groups in total. The third-order valence-corrected chi connectivity index (χ3v) is 21.7. The molecule has 0 unspecified atom stereocenters. The van der Waals surface area contributed by atoms with Gasteiger partial charge < -0.3 is 99.6 Å². The molecule has 0 atom stereocenters. The number of fused-ring (bicyclic) bond motifs is 4. The molecule has 0 aliphatic carbocycles. The van der Waals surface area contributed by atoms with Crippen LogP contribution in [-0.2, 0) is 19.3 Å². The van der Waals surface area contributed by atoms with Crippen molar-refractivity contribution in [3.05, 3.63) is 264 Å². The summed E-state index contributed by atoms with van der Waals surface area (Å²) in [6.45, 7) is 26.6. The molecule has 0 fully saturated rings. The van der Waals surface area contributed by atoms with Crippen LogP contribution < -0.4 is 29.1 Å². The number of hydrogen-bond acceptors (Lipinski definition) is 30. The maximum atomic E-state index is 13.3. The van der Waals surface area contributed by atoms with Crippen molar-refractivity contribution in [1.29, 1.82) is 0 Å². The summed E-state index contributed by atoms with van der Waals surface area (Å²) < 4.78 is 33.2. The van der Waals surface area contributed by atoms with E-state index in [0.29, 0.717) is 75.5 Å². The normalized spacial score (nSPS) is 12.2. The number of rotatable bonds is 21. The summed E-state index contributed by atoms with van der Waals surface area (Å²) in [7, 11) is 4.24. The highest BCUT2D eigenvalue weighted by Gasteiger charge is 2.40. The average molecular weight is 1840 g/mol. The van der Waals surface area contributed by atoms with Gasteiger partial charge in [0.15, 0.2) is 42.3 Å². The molecule has 0 radical (unpaired) electrons. The molecular formula is C102H99ClO30. The van der Waals surface area contributed by atoms with Crippen LogP contribution in [-0.4, -0.2) is 158 Å². The van der Waals surface area contributed by atoms with Gasteiger partial charge in [-0.1, -0.05) is 52.6 Å². The third kappa shape index (κ3) is 21.4. The van der Waals surface area contributed by atoms with E-state index in [-0.39, 0.29) is 143 Å². The van der Waals surface area contributed by atoms with E-state index in [9.17, 15) is 119 Å². The van der Waals surface area contributed by atoms with Crippen LogP contribution >= 0.6 is 11.6 Å². The molecule has 694 valence electrons. The topological polar surface area (TPSA) is 513 Å². The predicted molar refractivity (Wildman–Crippen MR) is 495 cm³/mol. The highest BCUT2D eigenvalue weighted by molar-refractivity contribution is 6.34. The van der Waals surface area contributed by atoms with Gasteiger partial charge >= 0.3 is 0 Å². The van der Waals surface area contributed by atoms with Crippen molar-refractivity contribution in [2.24, 2.45) is 0 Å². The zero-order valence-electron chi connectivity index (χ0n) is 75.8. The second kappa shape index (κ2) is 40.9. The van der Waals surface area contributed by atoms with E-state index in [1.54, 1.807) is 80.5 Å². The lowest BCUT2D eigenvalue weighted by molar-refractivity contribution is 0.0611. The van der Waals surface area contributed by atoms with Gasteiger partial charge in [-0.2, -0.15) is 0 Å². The molecule has 2 aliphatic heterocycles. The Bertz CT molecular complexity index is 6780. The first-order valence-corrected chi connectivity index (χ1v) is 41.2. The fraction of sp³-hybridized carbons (Fsp3) is 0.235. The molecule has 0 saturated carbocycles. The summed E-state index contributed by atoms with van der Waals surface area (Å²) in [5.41, 5.74) is 2.16. The molecule has 31 heteroatoms. The number of carbonyl (C=O) groups is 9. The number of carbonyl (C=O) groups excluding carboxylic acids is 9. The summed E-state index contributed by atoms with van der Waals surface area (Å²) >= 11 is 6.03. The quantitative estimate of drug-likeness (QED) is 0.0137. The average Bonchev–Trinajstić information content (AvgIpc) is 0.748. The molecule has 11 aromatic rings. The molecule has 1 aromatic heterocycles.